The first-order valence-corrected chi connectivity index (χ1v) is 8.70. The number of halogens is 1. The molecule has 0 spiro atoms. The molecule has 25 heavy (non-hydrogen) atoms. The van der Waals surface area contributed by atoms with Gasteiger partial charge in [0, 0.05) is 22.3 Å². The van der Waals surface area contributed by atoms with Crippen molar-refractivity contribution < 1.29 is 4.79 Å². The summed E-state index contributed by atoms with van der Waals surface area (Å²) in [5, 5.41) is 3.42. The Morgan fingerprint density at radius 2 is 2.00 bits per heavy atom. The van der Waals surface area contributed by atoms with Crippen molar-refractivity contribution in [2.24, 2.45) is 0 Å². The standard InChI is InChI=1S/C19H14BrN3O2/c1-2-23-17(21-15-6-4-3-5-12(15)19(23)25)10-14-13-9-11(20)7-8-16(13)22-18(14)24/h3-10H,2H2,1H3,(H,22,24)/b14-10+. The molecule has 2 heterocycles. The smallest absolute Gasteiger partial charge is 0.261 e. The van der Waals surface area contributed by atoms with E-state index in [1.807, 2.05) is 37.3 Å². The number of nitrogens with zero attached hydrogens (tertiary/aromatic N) is 2. The van der Waals surface area contributed by atoms with E-state index in [0.717, 1.165) is 15.7 Å². The van der Waals surface area contributed by atoms with Crippen LogP contribution in [0.1, 0.15) is 18.3 Å². The first-order chi connectivity index (χ1) is 12.1. The third-order valence-corrected chi connectivity index (χ3v) is 4.74. The van der Waals surface area contributed by atoms with Crippen LogP contribution in [0, 0.1) is 0 Å². The van der Waals surface area contributed by atoms with E-state index in [0.29, 0.717) is 28.8 Å². The molecule has 0 unspecified atom stereocenters. The molecule has 6 heteroatoms. The molecule has 0 atom stereocenters. The predicted octanol–water partition coefficient (Wildman–Crippen LogP) is 3.67. The summed E-state index contributed by atoms with van der Waals surface area (Å²) in [6.45, 7) is 2.36. The number of anilines is 1. The van der Waals surface area contributed by atoms with Gasteiger partial charge in [0.05, 0.1) is 16.5 Å². The Kier molecular flexibility index (Phi) is 3.77. The fourth-order valence-electron chi connectivity index (χ4n) is 3.03. The van der Waals surface area contributed by atoms with Crippen molar-refractivity contribution >= 4 is 50.1 Å². The van der Waals surface area contributed by atoms with Crippen LogP contribution in [-0.4, -0.2) is 15.5 Å². The molecule has 1 aromatic heterocycles. The second-order valence-electron chi connectivity index (χ2n) is 5.74. The second kappa shape index (κ2) is 5.97. The molecule has 1 N–H and O–H groups in total. The fourth-order valence-corrected chi connectivity index (χ4v) is 3.39. The number of fused-ring (bicyclic) bond motifs is 2. The van der Waals surface area contributed by atoms with E-state index in [-0.39, 0.29) is 11.5 Å². The SMILES string of the molecule is CCn1c(/C=C2/C(=O)Nc3ccc(Br)cc32)nc2ccccc2c1=O. The molecule has 0 saturated carbocycles. The van der Waals surface area contributed by atoms with Gasteiger partial charge in [-0.15, -0.1) is 0 Å². The summed E-state index contributed by atoms with van der Waals surface area (Å²) < 4.78 is 2.46. The molecule has 5 nitrogen and oxygen atoms in total. The molecular weight excluding hydrogens is 382 g/mol. The summed E-state index contributed by atoms with van der Waals surface area (Å²) >= 11 is 3.43. The molecule has 1 aliphatic heterocycles. The number of amides is 1. The summed E-state index contributed by atoms with van der Waals surface area (Å²) in [4.78, 5) is 29.7. The maximum absolute atomic E-state index is 12.7. The third kappa shape index (κ3) is 2.59. The van der Waals surface area contributed by atoms with E-state index in [4.69, 9.17) is 0 Å². The highest BCUT2D eigenvalue weighted by molar-refractivity contribution is 9.10. The van der Waals surface area contributed by atoms with Gasteiger partial charge in [0.2, 0.25) is 0 Å². The summed E-state index contributed by atoms with van der Waals surface area (Å²) in [6.07, 6.45) is 1.69. The summed E-state index contributed by atoms with van der Waals surface area (Å²) in [5.41, 5.74) is 2.57. The Morgan fingerprint density at radius 1 is 1.20 bits per heavy atom. The minimum atomic E-state index is -0.196. The molecule has 1 aliphatic rings. The number of aromatic nitrogens is 2. The highest BCUT2D eigenvalue weighted by atomic mass is 79.9. The zero-order valence-corrected chi connectivity index (χ0v) is 15.0. The largest absolute Gasteiger partial charge is 0.321 e. The van der Waals surface area contributed by atoms with Crippen LogP contribution in [0.3, 0.4) is 0 Å². The number of hydrogen-bond acceptors (Lipinski definition) is 3. The maximum Gasteiger partial charge on any atom is 0.261 e. The average molecular weight is 396 g/mol. The van der Waals surface area contributed by atoms with E-state index in [1.54, 1.807) is 22.8 Å². The molecule has 0 fully saturated rings. The Balaban J connectivity index is 1.97. The van der Waals surface area contributed by atoms with Crippen LogP contribution in [-0.2, 0) is 11.3 Å². The van der Waals surface area contributed by atoms with Gasteiger partial charge in [0.15, 0.2) is 0 Å². The first-order valence-electron chi connectivity index (χ1n) is 7.91. The lowest BCUT2D eigenvalue weighted by molar-refractivity contribution is -0.110. The molecule has 124 valence electrons. The van der Waals surface area contributed by atoms with Crippen LogP contribution in [0.15, 0.2) is 51.7 Å². The number of carbonyl (C=O) groups excluding carboxylic acids is 1. The van der Waals surface area contributed by atoms with Crippen molar-refractivity contribution in [1.29, 1.82) is 0 Å². The van der Waals surface area contributed by atoms with Gasteiger partial charge in [-0.1, -0.05) is 28.1 Å². The Morgan fingerprint density at radius 3 is 2.80 bits per heavy atom. The molecule has 0 aliphatic carbocycles. The van der Waals surface area contributed by atoms with Gasteiger partial charge in [-0.2, -0.15) is 0 Å². The van der Waals surface area contributed by atoms with Gasteiger partial charge in [0.25, 0.3) is 11.5 Å². The Bertz CT molecular complexity index is 1120. The molecule has 0 saturated heterocycles. The molecule has 3 aromatic rings. The van der Waals surface area contributed by atoms with E-state index in [9.17, 15) is 9.59 Å². The van der Waals surface area contributed by atoms with Crippen molar-refractivity contribution in [1.82, 2.24) is 9.55 Å². The minimum Gasteiger partial charge on any atom is -0.321 e. The van der Waals surface area contributed by atoms with Crippen LogP contribution < -0.4 is 10.9 Å². The van der Waals surface area contributed by atoms with Crippen LogP contribution in [0.4, 0.5) is 5.69 Å². The third-order valence-electron chi connectivity index (χ3n) is 4.25. The zero-order valence-electron chi connectivity index (χ0n) is 13.4. The zero-order chi connectivity index (χ0) is 17.6. The number of hydrogen-bond donors (Lipinski definition) is 1. The lowest BCUT2D eigenvalue weighted by Crippen LogP contribution is -2.23. The molecule has 0 radical (unpaired) electrons. The highest BCUT2D eigenvalue weighted by Gasteiger charge is 2.25. The predicted molar refractivity (Wildman–Crippen MR) is 102 cm³/mol. The Labute approximate surface area is 152 Å². The van der Waals surface area contributed by atoms with Crippen LogP contribution >= 0.6 is 15.9 Å². The minimum absolute atomic E-state index is 0.104. The lowest BCUT2D eigenvalue weighted by Gasteiger charge is -2.09. The molecular formula is C19H14BrN3O2. The number of benzene rings is 2. The highest BCUT2D eigenvalue weighted by Crippen LogP contribution is 2.34. The van der Waals surface area contributed by atoms with Gasteiger partial charge in [-0.05, 0) is 43.3 Å². The summed E-state index contributed by atoms with van der Waals surface area (Å²) in [5.74, 6) is 0.280. The monoisotopic (exact) mass is 395 g/mol. The van der Waals surface area contributed by atoms with Crippen LogP contribution in [0.25, 0.3) is 22.6 Å². The average Bonchev–Trinajstić information content (AvgIpc) is 2.90. The normalized spacial score (nSPS) is 14.8. The van der Waals surface area contributed by atoms with Crippen molar-refractivity contribution in [2.75, 3.05) is 5.32 Å². The van der Waals surface area contributed by atoms with Gasteiger partial charge < -0.3 is 5.32 Å². The topological polar surface area (TPSA) is 64.0 Å². The second-order valence-corrected chi connectivity index (χ2v) is 6.65. The van der Waals surface area contributed by atoms with Gasteiger partial charge in [0.1, 0.15) is 5.82 Å². The van der Waals surface area contributed by atoms with Crippen molar-refractivity contribution in [3.05, 3.63) is 68.7 Å². The number of rotatable bonds is 2. The quantitative estimate of drug-likeness (QED) is 0.673. The summed E-state index contributed by atoms with van der Waals surface area (Å²) in [7, 11) is 0. The number of carbonyl (C=O) groups is 1. The molecule has 2 aromatic carbocycles. The van der Waals surface area contributed by atoms with Crippen molar-refractivity contribution in [3.63, 3.8) is 0 Å². The van der Waals surface area contributed by atoms with E-state index in [1.165, 1.54) is 0 Å². The Hall–Kier alpha value is -2.73. The van der Waals surface area contributed by atoms with Crippen LogP contribution in [0.2, 0.25) is 0 Å². The van der Waals surface area contributed by atoms with Gasteiger partial charge in [-0.3, -0.25) is 14.2 Å². The molecule has 4 rings (SSSR count). The van der Waals surface area contributed by atoms with E-state index >= 15 is 0 Å². The first kappa shape index (κ1) is 15.8. The van der Waals surface area contributed by atoms with Crippen molar-refractivity contribution in [2.45, 2.75) is 13.5 Å². The van der Waals surface area contributed by atoms with Gasteiger partial charge in [-0.25, -0.2) is 4.98 Å². The number of nitrogens with one attached hydrogen (secondary N) is 1. The van der Waals surface area contributed by atoms with E-state index < -0.39 is 0 Å². The van der Waals surface area contributed by atoms with Crippen LogP contribution in [0.5, 0.6) is 0 Å². The summed E-state index contributed by atoms with van der Waals surface area (Å²) in [6, 6.07) is 12.8. The molecule has 1 amide bonds. The van der Waals surface area contributed by atoms with E-state index in [2.05, 4.69) is 26.2 Å². The fraction of sp³-hybridized carbons (Fsp3) is 0.105. The van der Waals surface area contributed by atoms with Gasteiger partial charge >= 0.3 is 0 Å². The molecule has 0 bridgehead atoms. The maximum atomic E-state index is 12.7. The lowest BCUT2D eigenvalue weighted by atomic mass is 10.1. The van der Waals surface area contributed by atoms with Crippen molar-refractivity contribution in [3.8, 4) is 0 Å². The number of para-hydroxylation sites is 1.